The summed E-state index contributed by atoms with van der Waals surface area (Å²) in [7, 11) is 0. The van der Waals surface area contributed by atoms with Crippen LogP contribution in [-0.2, 0) is 0 Å². The van der Waals surface area contributed by atoms with Gasteiger partial charge in [-0.2, -0.15) is 5.10 Å². The van der Waals surface area contributed by atoms with Gasteiger partial charge in [0.2, 0.25) is 0 Å². The standard InChI is InChI=1S/C23H32N6S/c30-23(26-20-4-6-21(7-5-20)29-12-3-9-25-29)24-15-22-14-18-8-13-28(22)17-19(18)16-27-10-1-2-11-27/h3-7,9,12,18-19,22H,1-2,8,10-11,13-17H2,(H2,24,26,30)/t18-,19+,22+/m1/s1. The van der Waals surface area contributed by atoms with Gasteiger partial charge < -0.3 is 15.5 Å². The molecule has 1 aromatic heterocycles. The van der Waals surface area contributed by atoms with Crippen molar-refractivity contribution in [3.8, 4) is 5.69 Å². The van der Waals surface area contributed by atoms with Crippen molar-refractivity contribution in [2.75, 3.05) is 44.6 Å². The summed E-state index contributed by atoms with van der Waals surface area (Å²) < 4.78 is 1.85. The van der Waals surface area contributed by atoms with Crippen molar-refractivity contribution in [2.24, 2.45) is 11.8 Å². The summed E-state index contributed by atoms with van der Waals surface area (Å²) in [6, 6.07) is 10.7. The summed E-state index contributed by atoms with van der Waals surface area (Å²) in [5.74, 6) is 1.75. The van der Waals surface area contributed by atoms with Gasteiger partial charge in [0.25, 0.3) is 0 Å². The van der Waals surface area contributed by atoms with Gasteiger partial charge >= 0.3 is 0 Å². The van der Waals surface area contributed by atoms with E-state index in [4.69, 9.17) is 12.2 Å². The largest absolute Gasteiger partial charge is 0.361 e. The lowest BCUT2D eigenvalue weighted by Gasteiger charge is -2.50. The van der Waals surface area contributed by atoms with E-state index < -0.39 is 0 Å². The molecule has 5 heterocycles. The Labute approximate surface area is 184 Å². The quantitative estimate of drug-likeness (QED) is 0.696. The lowest BCUT2D eigenvalue weighted by atomic mass is 9.75. The SMILES string of the molecule is S=C(NC[C@@H]1C[C@H]2CCN1C[C@@H]2CN1CCCC1)Nc1ccc(-n2cccn2)cc1. The number of benzene rings is 1. The van der Waals surface area contributed by atoms with E-state index >= 15 is 0 Å². The van der Waals surface area contributed by atoms with E-state index in [1.807, 2.05) is 41.2 Å². The summed E-state index contributed by atoms with van der Waals surface area (Å²) in [5.41, 5.74) is 2.04. The fraction of sp³-hybridized carbons (Fsp3) is 0.565. The van der Waals surface area contributed by atoms with Crippen LogP contribution in [0, 0.1) is 11.8 Å². The van der Waals surface area contributed by atoms with Gasteiger partial charge in [0.1, 0.15) is 0 Å². The zero-order valence-electron chi connectivity index (χ0n) is 17.5. The van der Waals surface area contributed by atoms with Crippen LogP contribution in [0.25, 0.3) is 5.69 Å². The highest BCUT2D eigenvalue weighted by Crippen LogP contribution is 2.36. The monoisotopic (exact) mass is 424 g/mol. The molecule has 6 nitrogen and oxygen atoms in total. The van der Waals surface area contributed by atoms with Gasteiger partial charge in [-0.15, -0.1) is 0 Å². The molecule has 1 unspecified atom stereocenters. The van der Waals surface area contributed by atoms with Crippen molar-refractivity contribution in [1.29, 1.82) is 0 Å². The molecule has 0 saturated carbocycles. The van der Waals surface area contributed by atoms with Crippen molar-refractivity contribution in [2.45, 2.75) is 31.7 Å². The highest BCUT2D eigenvalue weighted by Gasteiger charge is 2.40. The number of hydrogen-bond donors (Lipinski definition) is 2. The van der Waals surface area contributed by atoms with Gasteiger partial charge in [-0.25, -0.2) is 4.68 Å². The molecule has 160 valence electrons. The number of fused-ring (bicyclic) bond motifs is 3. The van der Waals surface area contributed by atoms with Gasteiger partial charge in [-0.1, -0.05) is 0 Å². The first kappa shape index (κ1) is 20.0. The molecule has 0 spiro atoms. The van der Waals surface area contributed by atoms with Crippen LogP contribution in [0.2, 0.25) is 0 Å². The Balaban J connectivity index is 1.09. The Morgan fingerprint density at radius 2 is 1.97 bits per heavy atom. The first-order chi connectivity index (χ1) is 14.7. The van der Waals surface area contributed by atoms with Crippen LogP contribution >= 0.6 is 12.2 Å². The number of nitrogens with zero attached hydrogens (tertiary/aromatic N) is 4. The normalized spacial score (nSPS) is 28.5. The summed E-state index contributed by atoms with van der Waals surface area (Å²) in [6.45, 7) is 7.40. The molecule has 0 aliphatic carbocycles. The molecule has 2 N–H and O–H groups in total. The molecule has 6 rings (SSSR count). The number of piperidine rings is 3. The van der Waals surface area contributed by atoms with Gasteiger partial charge in [-0.3, -0.25) is 4.90 Å². The minimum atomic E-state index is 0.612. The van der Waals surface area contributed by atoms with E-state index in [9.17, 15) is 0 Å². The molecule has 1 aromatic carbocycles. The van der Waals surface area contributed by atoms with E-state index in [1.165, 1.54) is 58.4 Å². The molecule has 0 radical (unpaired) electrons. The maximum Gasteiger partial charge on any atom is 0.170 e. The van der Waals surface area contributed by atoms with Crippen LogP contribution in [0.4, 0.5) is 5.69 Å². The van der Waals surface area contributed by atoms with Gasteiger partial charge in [0.15, 0.2) is 5.11 Å². The number of likely N-dealkylation sites (tertiary alicyclic amines) is 1. The third-order valence-electron chi connectivity index (χ3n) is 7.10. The molecule has 2 aromatic rings. The first-order valence-electron chi connectivity index (χ1n) is 11.4. The number of aromatic nitrogens is 2. The number of hydrogen-bond acceptors (Lipinski definition) is 4. The zero-order chi connectivity index (χ0) is 20.3. The van der Waals surface area contributed by atoms with E-state index in [0.717, 1.165) is 29.8 Å². The predicted molar refractivity (Wildman–Crippen MR) is 125 cm³/mol. The molecular formula is C23H32N6S. The Kier molecular flexibility index (Phi) is 6.02. The summed E-state index contributed by atoms with van der Waals surface area (Å²) in [4.78, 5) is 5.39. The van der Waals surface area contributed by atoms with E-state index in [2.05, 4.69) is 25.5 Å². The molecule has 0 amide bonds. The van der Waals surface area contributed by atoms with Crippen LogP contribution in [0.3, 0.4) is 0 Å². The van der Waals surface area contributed by atoms with Crippen LogP contribution in [0.5, 0.6) is 0 Å². The third-order valence-corrected chi connectivity index (χ3v) is 7.34. The average Bonchev–Trinajstić information content (AvgIpc) is 3.48. The lowest BCUT2D eigenvalue weighted by Crippen LogP contribution is -2.58. The number of nitrogens with one attached hydrogen (secondary N) is 2. The van der Waals surface area contributed by atoms with Crippen LogP contribution in [0.1, 0.15) is 25.7 Å². The maximum atomic E-state index is 5.56. The number of anilines is 1. The topological polar surface area (TPSA) is 48.4 Å². The van der Waals surface area contributed by atoms with Crippen molar-refractivity contribution in [3.05, 3.63) is 42.7 Å². The number of thiocarbonyl (C=S) groups is 1. The summed E-state index contributed by atoms with van der Waals surface area (Å²) >= 11 is 5.56. The van der Waals surface area contributed by atoms with Gasteiger partial charge in [0.05, 0.1) is 5.69 Å². The molecule has 4 saturated heterocycles. The summed E-state index contributed by atoms with van der Waals surface area (Å²) in [5, 5.41) is 11.8. The minimum Gasteiger partial charge on any atom is -0.361 e. The first-order valence-corrected chi connectivity index (χ1v) is 11.8. The van der Waals surface area contributed by atoms with Gasteiger partial charge in [-0.05, 0) is 99.7 Å². The van der Waals surface area contributed by atoms with Crippen molar-refractivity contribution < 1.29 is 0 Å². The Bertz CT molecular complexity index is 830. The highest BCUT2D eigenvalue weighted by atomic mass is 32.1. The second kappa shape index (κ2) is 9.04. The molecule has 4 aliphatic heterocycles. The van der Waals surface area contributed by atoms with Gasteiger partial charge in [0, 0.05) is 43.8 Å². The average molecular weight is 425 g/mol. The molecule has 4 fully saturated rings. The second-order valence-corrected chi connectivity index (χ2v) is 9.44. The van der Waals surface area contributed by atoms with E-state index in [-0.39, 0.29) is 0 Å². The van der Waals surface area contributed by atoms with Crippen LogP contribution < -0.4 is 10.6 Å². The molecule has 2 bridgehead atoms. The highest BCUT2D eigenvalue weighted by molar-refractivity contribution is 7.80. The van der Waals surface area contributed by atoms with Crippen molar-refractivity contribution >= 4 is 23.0 Å². The fourth-order valence-electron chi connectivity index (χ4n) is 5.47. The summed E-state index contributed by atoms with van der Waals surface area (Å²) in [6.07, 6.45) is 9.20. The fourth-order valence-corrected chi connectivity index (χ4v) is 5.67. The van der Waals surface area contributed by atoms with Crippen molar-refractivity contribution in [1.82, 2.24) is 24.9 Å². The lowest BCUT2D eigenvalue weighted by molar-refractivity contribution is -0.00792. The molecule has 30 heavy (non-hydrogen) atoms. The molecule has 4 aliphatic rings. The minimum absolute atomic E-state index is 0.612. The Hall–Kier alpha value is -1.96. The van der Waals surface area contributed by atoms with E-state index in [1.54, 1.807) is 6.20 Å². The third kappa shape index (κ3) is 4.53. The van der Waals surface area contributed by atoms with E-state index in [0.29, 0.717) is 11.2 Å². The van der Waals surface area contributed by atoms with Crippen LogP contribution in [-0.4, -0.2) is 70.0 Å². The Morgan fingerprint density at radius 3 is 2.67 bits per heavy atom. The smallest absolute Gasteiger partial charge is 0.170 e. The molecule has 4 atom stereocenters. The molecular weight excluding hydrogens is 392 g/mol. The predicted octanol–water partition coefficient (Wildman–Crippen LogP) is 2.96. The number of rotatable bonds is 6. The maximum absolute atomic E-state index is 5.56. The zero-order valence-corrected chi connectivity index (χ0v) is 18.4. The second-order valence-electron chi connectivity index (χ2n) is 9.03. The Morgan fingerprint density at radius 1 is 1.13 bits per heavy atom. The van der Waals surface area contributed by atoms with Crippen molar-refractivity contribution in [3.63, 3.8) is 0 Å². The molecule has 7 heteroatoms. The van der Waals surface area contributed by atoms with Crippen LogP contribution in [0.15, 0.2) is 42.7 Å².